The zero-order valence-corrected chi connectivity index (χ0v) is 21.1. The first-order valence-corrected chi connectivity index (χ1v) is 12.0. The third kappa shape index (κ3) is 7.04. The molecule has 0 aliphatic heterocycles. The highest BCUT2D eigenvalue weighted by atomic mass is 32.1. The second-order valence-corrected chi connectivity index (χ2v) is 8.71. The van der Waals surface area contributed by atoms with Gasteiger partial charge in [0.15, 0.2) is 11.5 Å². The van der Waals surface area contributed by atoms with E-state index in [0.717, 1.165) is 33.9 Å². The van der Waals surface area contributed by atoms with E-state index < -0.39 is 5.91 Å². The Hall–Kier alpha value is -3.90. The third-order valence-corrected chi connectivity index (χ3v) is 6.10. The van der Waals surface area contributed by atoms with E-state index in [1.54, 1.807) is 19.3 Å². The first-order chi connectivity index (χ1) is 16.9. The molecule has 0 radical (unpaired) electrons. The maximum absolute atomic E-state index is 12.4. The number of ether oxygens (including phenoxy) is 3. The van der Waals surface area contributed by atoms with Crippen LogP contribution in [-0.2, 0) is 17.6 Å². The second kappa shape index (κ2) is 12.5. The summed E-state index contributed by atoms with van der Waals surface area (Å²) in [6, 6.07) is 13.5. The van der Waals surface area contributed by atoms with Gasteiger partial charge in [-0.1, -0.05) is 48.6 Å². The number of allylic oxidation sites excluding steroid dienone is 1. The number of amides is 1. The van der Waals surface area contributed by atoms with Gasteiger partial charge in [0.1, 0.15) is 35.6 Å². The summed E-state index contributed by atoms with van der Waals surface area (Å²) in [5, 5.41) is 21.1. The van der Waals surface area contributed by atoms with Crippen LogP contribution in [0.25, 0.3) is 0 Å². The number of nitriles is 1. The molecule has 1 heterocycles. The van der Waals surface area contributed by atoms with Gasteiger partial charge in [-0.3, -0.25) is 10.1 Å². The van der Waals surface area contributed by atoms with Crippen molar-refractivity contribution in [2.24, 2.45) is 0 Å². The number of hydrogen-bond acceptors (Lipinski definition) is 8. The zero-order valence-electron chi connectivity index (χ0n) is 20.3. The number of aromatic nitrogens is 2. The van der Waals surface area contributed by atoms with Crippen LogP contribution in [0.2, 0.25) is 0 Å². The van der Waals surface area contributed by atoms with Crippen LogP contribution < -0.4 is 19.5 Å². The Morgan fingerprint density at radius 2 is 1.86 bits per heavy atom. The molecule has 0 saturated heterocycles. The monoisotopic (exact) mass is 492 g/mol. The molecule has 0 fully saturated rings. The summed E-state index contributed by atoms with van der Waals surface area (Å²) in [5.41, 5.74) is 3.03. The molecule has 0 aliphatic carbocycles. The molecule has 1 amide bonds. The van der Waals surface area contributed by atoms with E-state index in [2.05, 4.69) is 15.5 Å². The van der Waals surface area contributed by atoms with Gasteiger partial charge in [-0.15, -0.1) is 10.2 Å². The summed E-state index contributed by atoms with van der Waals surface area (Å²) < 4.78 is 17.2. The highest BCUT2D eigenvalue weighted by molar-refractivity contribution is 7.15. The van der Waals surface area contributed by atoms with Crippen LogP contribution in [0.4, 0.5) is 5.13 Å². The summed E-state index contributed by atoms with van der Waals surface area (Å²) in [5.74, 6) is 1.51. The summed E-state index contributed by atoms with van der Waals surface area (Å²) in [7, 11) is 1.57. The summed E-state index contributed by atoms with van der Waals surface area (Å²) in [4.78, 5) is 12.4. The van der Waals surface area contributed by atoms with E-state index in [1.807, 2.05) is 57.2 Å². The van der Waals surface area contributed by atoms with Crippen LogP contribution in [0, 0.1) is 25.2 Å². The SMILES string of the molecule is CCc1nnc(NC(=O)/C(C#N)=C/Cc2ccc(OCCOc3c(C)cccc3C)c(OC)c2)s1. The van der Waals surface area contributed by atoms with Crippen molar-refractivity contribution in [3.8, 4) is 23.3 Å². The second-order valence-electron chi connectivity index (χ2n) is 7.65. The van der Waals surface area contributed by atoms with Gasteiger partial charge >= 0.3 is 0 Å². The Bertz CT molecular complexity index is 1230. The third-order valence-electron chi connectivity index (χ3n) is 5.12. The number of aryl methyl sites for hydroxylation is 3. The van der Waals surface area contributed by atoms with Crippen LogP contribution in [0.15, 0.2) is 48.0 Å². The van der Waals surface area contributed by atoms with E-state index in [4.69, 9.17) is 14.2 Å². The quantitative estimate of drug-likeness (QED) is 0.232. The van der Waals surface area contributed by atoms with Crippen LogP contribution in [0.3, 0.4) is 0 Å². The molecule has 0 aliphatic rings. The lowest BCUT2D eigenvalue weighted by Crippen LogP contribution is -2.13. The number of carbonyl (C=O) groups is 1. The maximum Gasteiger partial charge on any atom is 0.267 e. The van der Waals surface area contributed by atoms with Gasteiger partial charge in [0, 0.05) is 0 Å². The van der Waals surface area contributed by atoms with Crippen LogP contribution in [0.5, 0.6) is 17.2 Å². The van der Waals surface area contributed by atoms with E-state index in [9.17, 15) is 10.1 Å². The largest absolute Gasteiger partial charge is 0.493 e. The Labute approximate surface area is 209 Å². The number of methoxy groups -OCH3 is 1. The molecule has 8 nitrogen and oxygen atoms in total. The summed E-state index contributed by atoms with van der Waals surface area (Å²) in [6.07, 6.45) is 2.68. The lowest BCUT2D eigenvalue weighted by Gasteiger charge is -2.14. The highest BCUT2D eigenvalue weighted by Gasteiger charge is 2.13. The molecule has 35 heavy (non-hydrogen) atoms. The average Bonchev–Trinajstić information content (AvgIpc) is 3.31. The number of nitrogens with one attached hydrogen (secondary N) is 1. The van der Waals surface area contributed by atoms with E-state index in [0.29, 0.717) is 36.3 Å². The minimum atomic E-state index is -0.512. The average molecular weight is 493 g/mol. The van der Waals surface area contributed by atoms with Crippen LogP contribution in [-0.4, -0.2) is 36.4 Å². The minimum absolute atomic E-state index is 0.00110. The van der Waals surface area contributed by atoms with Crippen molar-refractivity contribution in [2.45, 2.75) is 33.6 Å². The van der Waals surface area contributed by atoms with Crippen molar-refractivity contribution in [2.75, 3.05) is 25.6 Å². The molecule has 1 aromatic heterocycles. The number of benzene rings is 2. The highest BCUT2D eigenvalue weighted by Crippen LogP contribution is 2.29. The summed E-state index contributed by atoms with van der Waals surface area (Å²) >= 11 is 1.29. The number of para-hydroxylation sites is 1. The predicted molar refractivity (Wildman–Crippen MR) is 135 cm³/mol. The molecule has 0 saturated carbocycles. The number of rotatable bonds is 11. The van der Waals surface area contributed by atoms with Crippen molar-refractivity contribution >= 4 is 22.4 Å². The predicted octanol–water partition coefficient (Wildman–Crippen LogP) is 4.81. The fourth-order valence-corrected chi connectivity index (χ4v) is 3.98. The van der Waals surface area contributed by atoms with Gasteiger partial charge in [-0.2, -0.15) is 5.26 Å². The normalized spacial score (nSPS) is 11.0. The van der Waals surface area contributed by atoms with Crippen molar-refractivity contribution in [3.05, 3.63) is 69.7 Å². The molecular formula is C26H28N4O4S. The Balaban J connectivity index is 1.58. The molecule has 182 valence electrons. The number of nitrogens with zero attached hydrogens (tertiary/aromatic N) is 3. The van der Waals surface area contributed by atoms with Gasteiger partial charge < -0.3 is 14.2 Å². The maximum atomic E-state index is 12.4. The molecule has 9 heteroatoms. The van der Waals surface area contributed by atoms with Gasteiger partial charge in [-0.25, -0.2) is 0 Å². The lowest BCUT2D eigenvalue weighted by molar-refractivity contribution is -0.112. The number of hydrogen-bond donors (Lipinski definition) is 1. The lowest BCUT2D eigenvalue weighted by atomic mass is 10.1. The minimum Gasteiger partial charge on any atom is -0.493 e. The molecule has 3 rings (SSSR count). The fourth-order valence-electron chi connectivity index (χ4n) is 3.30. The molecule has 0 bridgehead atoms. The Morgan fingerprint density at radius 1 is 1.11 bits per heavy atom. The number of anilines is 1. The van der Waals surface area contributed by atoms with Gasteiger partial charge in [-0.05, 0) is 55.5 Å². The van der Waals surface area contributed by atoms with Crippen LogP contribution in [0.1, 0.15) is 28.6 Å². The Morgan fingerprint density at radius 3 is 2.51 bits per heavy atom. The van der Waals surface area contributed by atoms with Gasteiger partial charge in [0.2, 0.25) is 5.13 Å². The Kier molecular flexibility index (Phi) is 9.21. The molecule has 2 aromatic carbocycles. The molecular weight excluding hydrogens is 464 g/mol. The molecule has 1 N–H and O–H groups in total. The number of carbonyl (C=O) groups excluding carboxylic acids is 1. The fraction of sp³-hybridized carbons (Fsp3) is 0.308. The first-order valence-electron chi connectivity index (χ1n) is 11.2. The van der Waals surface area contributed by atoms with Crippen molar-refractivity contribution in [1.29, 1.82) is 5.26 Å². The van der Waals surface area contributed by atoms with E-state index >= 15 is 0 Å². The zero-order chi connectivity index (χ0) is 25.2. The van der Waals surface area contributed by atoms with Crippen molar-refractivity contribution < 1.29 is 19.0 Å². The molecule has 0 unspecified atom stereocenters. The molecule has 0 atom stereocenters. The topological polar surface area (TPSA) is 106 Å². The smallest absolute Gasteiger partial charge is 0.267 e. The van der Waals surface area contributed by atoms with Crippen molar-refractivity contribution in [3.63, 3.8) is 0 Å². The van der Waals surface area contributed by atoms with E-state index in [-0.39, 0.29) is 5.57 Å². The summed E-state index contributed by atoms with van der Waals surface area (Å²) in [6.45, 7) is 6.73. The van der Waals surface area contributed by atoms with E-state index in [1.165, 1.54) is 11.3 Å². The molecule has 3 aromatic rings. The standard InChI is InChI=1S/C26H28N4O4S/c1-5-23-29-30-26(35-23)28-25(31)20(16-27)11-9-19-10-12-21(22(15-19)32-4)33-13-14-34-24-17(2)7-6-8-18(24)3/h6-8,10-12,15H,5,9,13-14H2,1-4H3,(H,28,30,31)/b20-11+. The van der Waals surface area contributed by atoms with Gasteiger partial charge in [0.25, 0.3) is 5.91 Å². The van der Waals surface area contributed by atoms with Crippen molar-refractivity contribution in [1.82, 2.24) is 10.2 Å². The van der Waals surface area contributed by atoms with Gasteiger partial charge in [0.05, 0.1) is 7.11 Å². The van der Waals surface area contributed by atoms with Crippen LogP contribution >= 0.6 is 11.3 Å². The molecule has 0 spiro atoms. The first kappa shape index (κ1) is 25.7.